The van der Waals surface area contributed by atoms with Crippen molar-refractivity contribution in [3.63, 3.8) is 0 Å². The van der Waals surface area contributed by atoms with Crippen molar-refractivity contribution in [2.24, 2.45) is 0 Å². The molecule has 0 saturated heterocycles. The minimum atomic E-state index is -1.09. The quantitative estimate of drug-likeness (QED) is 0.226. The molecule has 0 aliphatic carbocycles. The van der Waals surface area contributed by atoms with Crippen LogP contribution in [0.25, 0.3) is 4.85 Å². The van der Waals surface area contributed by atoms with Gasteiger partial charge in [-0.25, -0.2) is 9.59 Å². The largest absolute Gasteiger partial charge is 0.421 e. The molecule has 1 atom stereocenters. The molecule has 0 aliphatic rings. The number of carbonyl (C=O) groups excluding carboxylic acids is 2. The van der Waals surface area contributed by atoms with Gasteiger partial charge in [0.05, 0.1) is 0 Å². The number of hydrogen-bond donors (Lipinski definition) is 0. The Morgan fingerprint density at radius 2 is 1.73 bits per heavy atom. The van der Waals surface area contributed by atoms with Crippen LogP contribution >= 0.6 is 0 Å². The second kappa shape index (κ2) is 11.1. The Morgan fingerprint density at radius 1 is 1.14 bits per heavy atom. The molecule has 0 bridgehead atoms. The Hall–Kier alpha value is -2.60. The fourth-order valence-corrected chi connectivity index (χ4v) is 1.24. The van der Waals surface area contributed by atoms with E-state index in [0.29, 0.717) is 19.4 Å². The van der Waals surface area contributed by atoms with Crippen LogP contribution in [-0.2, 0) is 19.1 Å². The first-order valence-corrected chi connectivity index (χ1v) is 7.08. The highest BCUT2D eigenvalue weighted by Gasteiger charge is 2.22. The smallest absolute Gasteiger partial charge is 0.355 e. The lowest BCUT2D eigenvalue weighted by Crippen LogP contribution is -2.25. The van der Waals surface area contributed by atoms with E-state index in [2.05, 4.69) is 24.1 Å². The number of hydrogen-bond acceptors (Lipinski definition) is 5. The zero-order valence-electron chi connectivity index (χ0n) is 13.1. The lowest BCUT2D eigenvalue weighted by Gasteiger charge is -2.16. The van der Waals surface area contributed by atoms with Crippen molar-refractivity contribution >= 4 is 11.9 Å². The van der Waals surface area contributed by atoms with E-state index in [1.165, 1.54) is 0 Å². The van der Waals surface area contributed by atoms with E-state index in [9.17, 15) is 9.59 Å². The van der Waals surface area contributed by atoms with E-state index in [4.69, 9.17) is 14.7 Å². The molecular weight excluding hydrogens is 284 g/mol. The molecular formula is C16H21N2O4+. The summed E-state index contributed by atoms with van der Waals surface area (Å²) in [5, 5.41) is 8.56. The number of nitrogens with zero attached hydrogens (tertiary/aromatic N) is 2. The fourth-order valence-electron chi connectivity index (χ4n) is 1.24. The molecule has 0 rings (SSSR count). The summed E-state index contributed by atoms with van der Waals surface area (Å²) < 4.78 is 9.92. The van der Waals surface area contributed by atoms with E-state index in [0.717, 1.165) is 12.8 Å². The molecule has 0 spiro atoms. The molecule has 0 heterocycles. The average molecular weight is 305 g/mol. The number of unbranched alkanes of at least 4 members (excludes halogenated alkanes) is 1. The van der Waals surface area contributed by atoms with Crippen LogP contribution in [0.1, 0.15) is 39.5 Å². The molecule has 0 N–H and O–H groups in total. The predicted octanol–water partition coefficient (Wildman–Crippen LogP) is 2.97. The zero-order valence-corrected chi connectivity index (χ0v) is 13.1. The summed E-state index contributed by atoms with van der Waals surface area (Å²) >= 11 is 0. The Morgan fingerprint density at radius 3 is 2.23 bits per heavy atom. The maximum Gasteiger partial charge on any atom is 0.355 e. The minimum Gasteiger partial charge on any atom is -0.421 e. The van der Waals surface area contributed by atoms with Crippen molar-refractivity contribution in [2.45, 2.75) is 45.8 Å². The first-order valence-electron chi connectivity index (χ1n) is 7.08. The number of ether oxygens (including phenoxy) is 2. The lowest BCUT2D eigenvalue weighted by atomic mass is 10.3. The van der Waals surface area contributed by atoms with Crippen LogP contribution in [0.15, 0.2) is 24.3 Å². The molecule has 118 valence electrons. The first-order chi connectivity index (χ1) is 10.5. The second-order valence-electron chi connectivity index (χ2n) is 4.44. The van der Waals surface area contributed by atoms with Gasteiger partial charge in [0, 0.05) is 12.8 Å². The Labute approximate surface area is 130 Å². The molecule has 0 fully saturated rings. The maximum atomic E-state index is 11.8. The van der Waals surface area contributed by atoms with Gasteiger partial charge in [-0.3, -0.25) is 0 Å². The monoisotopic (exact) mass is 305 g/mol. The molecule has 0 amide bonds. The number of nitriles is 1. The van der Waals surface area contributed by atoms with Crippen molar-refractivity contribution in [1.29, 1.82) is 5.26 Å². The van der Waals surface area contributed by atoms with Crippen LogP contribution in [0, 0.1) is 17.4 Å². The van der Waals surface area contributed by atoms with Crippen molar-refractivity contribution in [3.8, 4) is 12.1 Å². The summed E-state index contributed by atoms with van der Waals surface area (Å²) in [5.74, 6) is -1.69. The van der Waals surface area contributed by atoms with Gasteiger partial charge in [-0.05, 0) is 12.8 Å². The Balaban J connectivity index is 4.60. The van der Waals surface area contributed by atoms with Crippen LogP contribution in [0.3, 0.4) is 0 Å². The second-order valence-corrected chi connectivity index (χ2v) is 4.44. The van der Waals surface area contributed by atoms with E-state index in [-0.39, 0.29) is 11.1 Å². The van der Waals surface area contributed by atoms with Crippen molar-refractivity contribution in [2.75, 3.05) is 6.54 Å². The van der Waals surface area contributed by atoms with Gasteiger partial charge in [0.15, 0.2) is 5.57 Å². The molecule has 1 unspecified atom stereocenters. The van der Waals surface area contributed by atoms with Crippen molar-refractivity contribution in [1.82, 2.24) is 0 Å². The van der Waals surface area contributed by atoms with Gasteiger partial charge in [-0.15, -0.1) is 0 Å². The van der Waals surface area contributed by atoms with Gasteiger partial charge >= 0.3 is 18.0 Å². The summed E-state index contributed by atoms with van der Waals surface area (Å²) in [6, 6.07) is 4.07. The Bertz CT molecular complexity index is 535. The molecule has 22 heavy (non-hydrogen) atoms. The minimum absolute atomic E-state index is 0.0487. The third kappa shape index (κ3) is 7.86. The third-order valence-electron chi connectivity index (χ3n) is 2.47. The molecule has 0 aromatic heterocycles. The fraction of sp³-hybridized carbons (Fsp3) is 0.500. The predicted molar refractivity (Wildman–Crippen MR) is 81.8 cm³/mol. The summed E-state index contributed by atoms with van der Waals surface area (Å²) in [4.78, 5) is 27.2. The van der Waals surface area contributed by atoms with E-state index in [1.54, 1.807) is 6.07 Å². The molecule has 0 saturated carbocycles. The molecule has 0 radical (unpaired) electrons. The van der Waals surface area contributed by atoms with Gasteiger partial charge in [0.2, 0.25) is 6.29 Å². The highest BCUT2D eigenvalue weighted by molar-refractivity contribution is 5.93. The number of carbonyl (C=O) groups is 2. The van der Waals surface area contributed by atoms with Crippen LogP contribution in [0.4, 0.5) is 0 Å². The van der Waals surface area contributed by atoms with Crippen LogP contribution in [0.2, 0.25) is 0 Å². The highest BCUT2D eigenvalue weighted by Crippen LogP contribution is 2.09. The van der Waals surface area contributed by atoms with E-state index < -0.39 is 18.2 Å². The van der Waals surface area contributed by atoms with Crippen LogP contribution < -0.4 is 0 Å². The van der Waals surface area contributed by atoms with Gasteiger partial charge in [0.25, 0.3) is 6.54 Å². The summed E-state index contributed by atoms with van der Waals surface area (Å²) in [7, 11) is 0. The van der Waals surface area contributed by atoms with Gasteiger partial charge in [0.1, 0.15) is 11.6 Å². The molecule has 0 aromatic rings. The summed E-state index contributed by atoms with van der Waals surface area (Å²) in [6.07, 6.45) is 1.70. The summed E-state index contributed by atoms with van der Waals surface area (Å²) in [6.45, 7) is 11.2. The molecule has 6 nitrogen and oxygen atoms in total. The molecule has 0 aliphatic heterocycles. The van der Waals surface area contributed by atoms with Crippen molar-refractivity contribution < 1.29 is 19.1 Å². The Kier molecular flexibility index (Phi) is 9.79. The topological polar surface area (TPSA) is 80.8 Å². The number of rotatable bonds is 8. The van der Waals surface area contributed by atoms with Gasteiger partial charge < -0.3 is 9.47 Å². The van der Waals surface area contributed by atoms with Crippen LogP contribution in [-0.4, -0.2) is 24.8 Å². The van der Waals surface area contributed by atoms with Gasteiger partial charge in [-0.2, -0.15) is 5.26 Å². The highest BCUT2D eigenvalue weighted by atomic mass is 16.7. The molecule has 0 aromatic carbocycles. The van der Waals surface area contributed by atoms with Gasteiger partial charge in [-0.1, -0.05) is 31.9 Å². The van der Waals surface area contributed by atoms with Crippen molar-refractivity contribution in [3.05, 3.63) is 29.1 Å². The van der Waals surface area contributed by atoms with Crippen LogP contribution in [0.5, 0.6) is 0 Å². The summed E-state index contributed by atoms with van der Waals surface area (Å²) in [5.41, 5.74) is -0.406. The normalized spacial score (nSPS) is 10.4. The SMILES string of the molecule is C=C(C#N)C(=O)OC(CCC)OC(=O)C(=C)C#[N+]CCCC. The zero-order chi connectivity index (χ0) is 17.0. The van der Waals surface area contributed by atoms with E-state index in [1.807, 2.05) is 13.8 Å². The third-order valence-corrected chi connectivity index (χ3v) is 2.47. The first kappa shape index (κ1) is 19.4. The lowest BCUT2D eigenvalue weighted by molar-refractivity contribution is -0.182. The standard InChI is InChI=1S/C16H21N2O4/c1-5-7-9-18-11-13(4)16(20)22-14(8-6-2)21-15(19)12(3)10-17/h14H,3-9H2,1-2H3/q+1. The maximum absolute atomic E-state index is 11.8. The average Bonchev–Trinajstić information content (AvgIpc) is 2.50. The van der Waals surface area contributed by atoms with E-state index >= 15 is 0 Å². The number of esters is 2. The molecule has 6 heteroatoms.